The lowest BCUT2D eigenvalue weighted by atomic mass is 10.2. The van der Waals surface area contributed by atoms with E-state index >= 15 is 0 Å². The van der Waals surface area contributed by atoms with Crippen molar-refractivity contribution < 1.29 is 14.3 Å². The van der Waals surface area contributed by atoms with E-state index in [1.807, 2.05) is 13.8 Å². The van der Waals surface area contributed by atoms with Crippen LogP contribution in [0.2, 0.25) is 0 Å². The molecule has 4 nitrogen and oxygen atoms in total. The summed E-state index contributed by atoms with van der Waals surface area (Å²) in [5, 5.41) is 3.30. The second-order valence-corrected chi connectivity index (χ2v) is 3.59. The van der Waals surface area contributed by atoms with Crippen LogP contribution in [0.4, 0.5) is 0 Å². The minimum absolute atomic E-state index is 0.119. The third-order valence-corrected chi connectivity index (χ3v) is 2.41. The summed E-state index contributed by atoms with van der Waals surface area (Å²) in [4.78, 5) is 11.0. The van der Waals surface area contributed by atoms with E-state index in [9.17, 15) is 4.79 Å². The molecule has 0 spiro atoms. The zero-order valence-corrected chi connectivity index (χ0v) is 10.2. The maximum Gasteiger partial charge on any atom is 0.305 e. The molecular weight excluding hydrogens is 194 g/mol. The summed E-state index contributed by atoms with van der Waals surface area (Å²) in [5.74, 6) is -0.119. The number of hydrogen-bond donors (Lipinski definition) is 1. The lowest BCUT2D eigenvalue weighted by Gasteiger charge is -2.19. The number of methoxy groups -OCH3 is 1. The van der Waals surface area contributed by atoms with E-state index in [2.05, 4.69) is 12.2 Å². The Labute approximate surface area is 92.3 Å². The van der Waals surface area contributed by atoms with E-state index in [0.717, 1.165) is 13.0 Å². The fourth-order valence-corrected chi connectivity index (χ4v) is 1.17. The van der Waals surface area contributed by atoms with Gasteiger partial charge in [-0.15, -0.1) is 0 Å². The van der Waals surface area contributed by atoms with E-state index in [0.29, 0.717) is 19.1 Å². The maximum absolute atomic E-state index is 11.0. The first-order chi connectivity index (χ1) is 7.11. The first-order valence-electron chi connectivity index (χ1n) is 5.53. The summed E-state index contributed by atoms with van der Waals surface area (Å²) in [6, 6.07) is 0.303. The zero-order chi connectivity index (χ0) is 11.7. The summed E-state index contributed by atoms with van der Waals surface area (Å²) in [6.45, 7) is 7.18. The van der Waals surface area contributed by atoms with Gasteiger partial charge in [-0.3, -0.25) is 4.79 Å². The van der Waals surface area contributed by atoms with Crippen LogP contribution in [0, 0.1) is 0 Å². The van der Waals surface area contributed by atoms with Crippen molar-refractivity contribution in [2.45, 2.75) is 45.8 Å². The molecule has 0 aromatic rings. The Balaban J connectivity index is 3.41. The molecule has 0 aromatic heterocycles. The predicted octanol–water partition coefficient (Wildman–Crippen LogP) is 1.34. The molecular formula is C11H23NO3. The second-order valence-electron chi connectivity index (χ2n) is 3.59. The van der Waals surface area contributed by atoms with Gasteiger partial charge in [-0.2, -0.15) is 0 Å². The van der Waals surface area contributed by atoms with Crippen molar-refractivity contribution in [2.24, 2.45) is 0 Å². The molecule has 0 rings (SSSR count). The molecule has 15 heavy (non-hydrogen) atoms. The Morgan fingerprint density at radius 1 is 1.40 bits per heavy atom. The molecule has 0 fully saturated rings. The third-order valence-electron chi connectivity index (χ3n) is 2.41. The fourth-order valence-electron chi connectivity index (χ4n) is 1.17. The number of carbonyl (C=O) groups is 1. The van der Waals surface area contributed by atoms with Crippen LogP contribution in [-0.2, 0) is 14.3 Å². The second kappa shape index (κ2) is 8.68. The SMILES string of the molecule is CCOC(=O)CCCNC(C)C(C)OC. The standard InChI is InChI=1S/C11H23NO3/c1-5-15-11(13)7-6-8-12-9(2)10(3)14-4/h9-10,12H,5-8H2,1-4H3. The number of rotatable bonds is 8. The fraction of sp³-hybridized carbons (Fsp3) is 0.909. The molecule has 4 heteroatoms. The number of nitrogens with one attached hydrogen (secondary N) is 1. The molecule has 0 radical (unpaired) electrons. The molecule has 0 aliphatic carbocycles. The van der Waals surface area contributed by atoms with Crippen LogP contribution in [0.5, 0.6) is 0 Å². The normalized spacial score (nSPS) is 14.7. The van der Waals surface area contributed by atoms with Crippen LogP contribution >= 0.6 is 0 Å². The van der Waals surface area contributed by atoms with Crippen LogP contribution in [-0.4, -0.2) is 38.4 Å². The van der Waals surface area contributed by atoms with Crippen molar-refractivity contribution in [3.8, 4) is 0 Å². The lowest BCUT2D eigenvalue weighted by Crippen LogP contribution is -2.37. The van der Waals surface area contributed by atoms with Crippen LogP contribution in [0.3, 0.4) is 0 Å². The van der Waals surface area contributed by atoms with Crippen LogP contribution in [0.15, 0.2) is 0 Å². The van der Waals surface area contributed by atoms with Crippen molar-refractivity contribution in [2.75, 3.05) is 20.3 Å². The van der Waals surface area contributed by atoms with Crippen molar-refractivity contribution in [3.63, 3.8) is 0 Å². The van der Waals surface area contributed by atoms with Gasteiger partial charge in [0.25, 0.3) is 0 Å². The van der Waals surface area contributed by atoms with Gasteiger partial charge in [-0.25, -0.2) is 0 Å². The first kappa shape index (κ1) is 14.4. The lowest BCUT2D eigenvalue weighted by molar-refractivity contribution is -0.143. The largest absolute Gasteiger partial charge is 0.466 e. The van der Waals surface area contributed by atoms with Gasteiger partial charge in [0, 0.05) is 19.6 Å². The number of hydrogen-bond acceptors (Lipinski definition) is 4. The van der Waals surface area contributed by atoms with Crippen LogP contribution in [0.1, 0.15) is 33.6 Å². The highest BCUT2D eigenvalue weighted by Crippen LogP contribution is 1.97. The summed E-state index contributed by atoms with van der Waals surface area (Å²) in [5.41, 5.74) is 0. The molecule has 0 amide bonds. The monoisotopic (exact) mass is 217 g/mol. The average Bonchev–Trinajstić information content (AvgIpc) is 2.23. The van der Waals surface area contributed by atoms with E-state index in [1.54, 1.807) is 7.11 Å². The van der Waals surface area contributed by atoms with Gasteiger partial charge >= 0.3 is 5.97 Å². The molecule has 0 aliphatic rings. The van der Waals surface area contributed by atoms with E-state index in [4.69, 9.17) is 9.47 Å². The predicted molar refractivity (Wildman–Crippen MR) is 59.8 cm³/mol. The molecule has 0 bridgehead atoms. The quantitative estimate of drug-likeness (QED) is 0.492. The van der Waals surface area contributed by atoms with Crippen molar-refractivity contribution >= 4 is 5.97 Å². The smallest absolute Gasteiger partial charge is 0.305 e. The van der Waals surface area contributed by atoms with Crippen LogP contribution in [0.25, 0.3) is 0 Å². The van der Waals surface area contributed by atoms with E-state index in [1.165, 1.54) is 0 Å². The van der Waals surface area contributed by atoms with Gasteiger partial charge in [0.2, 0.25) is 0 Å². The van der Waals surface area contributed by atoms with Gasteiger partial charge in [0.05, 0.1) is 12.7 Å². The molecule has 0 aliphatic heterocycles. The average molecular weight is 217 g/mol. The van der Waals surface area contributed by atoms with Crippen molar-refractivity contribution in [1.82, 2.24) is 5.32 Å². The minimum atomic E-state index is -0.119. The molecule has 0 heterocycles. The molecule has 0 aromatic carbocycles. The van der Waals surface area contributed by atoms with E-state index < -0.39 is 0 Å². The first-order valence-corrected chi connectivity index (χ1v) is 5.53. The van der Waals surface area contributed by atoms with Gasteiger partial charge in [-0.1, -0.05) is 0 Å². The molecule has 90 valence electrons. The molecule has 2 atom stereocenters. The highest BCUT2D eigenvalue weighted by molar-refractivity contribution is 5.69. The Morgan fingerprint density at radius 2 is 2.07 bits per heavy atom. The van der Waals surface area contributed by atoms with Gasteiger partial charge in [0.1, 0.15) is 0 Å². The molecule has 0 saturated carbocycles. The molecule has 2 unspecified atom stereocenters. The minimum Gasteiger partial charge on any atom is -0.466 e. The van der Waals surface area contributed by atoms with Gasteiger partial charge in [0.15, 0.2) is 0 Å². The summed E-state index contributed by atoms with van der Waals surface area (Å²) in [6.07, 6.45) is 1.47. The third kappa shape index (κ3) is 7.33. The van der Waals surface area contributed by atoms with Crippen LogP contribution < -0.4 is 5.32 Å². The number of esters is 1. The summed E-state index contributed by atoms with van der Waals surface area (Å²) < 4.78 is 10.0. The van der Waals surface area contributed by atoms with Crippen molar-refractivity contribution in [3.05, 3.63) is 0 Å². The Morgan fingerprint density at radius 3 is 2.60 bits per heavy atom. The highest BCUT2D eigenvalue weighted by Gasteiger charge is 2.09. The Hall–Kier alpha value is -0.610. The summed E-state index contributed by atoms with van der Waals surface area (Å²) in [7, 11) is 1.70. The highest BCUT2D eigenvalue weighted by atomic mass is 16.5. The van der Waals surface area contributed by atoms with Crippen molar-refractivity contribution in [1.29, 1.82) is 0 Å². The maximum atomic E-state index is 11.0. The summed E-state index contributed by atoms with van der Waals surface area (Å²) >= 11 is 0. The number of ether oxygens (including phenoxy) is 2. The van der Waals surface area contributed by atoms with E-state index in [-0.39, 0.29) is 12.1 Å². The molecule has 0 saturated heterocycles. The molecule has 1 N–H and O–H groups in total. The Bertz CT molecular complexity index is 173. The van der Waals surface area contributed by atoms with Gasteiger partial charge in [-0.05, 0) is 33.7 Å². The number of carbonyl (C=O) groups excluding carboxylic acids is 1. The topological polar surface area (TPSA) is 47.6 Å². The Kier molecular flexibility index (Phi) is 8.33. The van der Waals surface area contributed by atoms with Gasteiger partial charge < -0.3 is 14.8 Å². The zero-order valence-electron chi connectivity index (χ0n) is 10.2.